The van der Waals surface area contributed by atoms with Crippen LogP contribution in [0.2, 0.25) is 5.02 Å². The van der Waals surface area contributed by atoms with Gasteiger partial charge in [-0.25, -0.2) is 0 Å². The van der Waals surface area contributed by atoms with Crippen LogP contribution in [0, 0.1) is 26.2 Å². The molecular weight excluding hydrogens is 462 g/mol. The molecule has 1 amide bonds. The van der Waals surface area contributed by atoms with Gasteiger partial charge in [0.1, 0.15) is 5.75 Å². The number of halogens is 1. The zero-order valence-electron chi connectivity index (χ0n) is 21.9. The first-order valence-corrected chi connectivity index (χ1v) is 13.1. The number of hydrogen-bond donors (Lipinski definition) is 0. The first-order chi connectivity index (χ1) is 16.7. The molecule has 0 radical (unpaired) electrons. The fourth-order valence-electron chi connectivity index (χ4n) is 5.46. The van der Waals surface area contributed by atoms with Gasteiger partial charge < -0.3 is 14.5 Å². The maximum Gasteiger partial charge on any atom is 0.223 e. The van der Waals surface area contributed by atoms with Crippen molar-refractivity contribution in [2.45, 2.75) is 46.6 Å². The first kappa shape index (κ1) is 26.0. The highest BCUT2D eigenvalue weighted by atomic mass is 35.5. The third-order valence-corrected chi connectivity index (χ3v) is 8.26. The van der Waals surface area contributed by atoms with Crippen LogP contribution in [0.25, 0.3) is 0 Å². The lowest BCUT2D eigenvalue weighted by Crippen LogP contribution is -2.52. The van der Waals surface area contributed by atoms with Gasteiger partial charge in [-0.15, -0.1) is 0 Å². The van der Waals surface area contributed by atoms with Crippen LogP contribution in [0.5, 0.6) is 5.75 Å². The minimum atomic E-state index is -0.226. The van der Waals surface area contributed by atoms with Gasteiger partial charge in [-0.1, -0.05) is 11.6 Å². The SMILES string of the molecule is Cc1cc(OCC2(CC(=O)N3CCN(C)CC3)CCCN(Cc3c(C)nn(C)c3C)C2)ccc1Cl. The van der Waals surface area contributed by atoms with E-state index in [0.29, 0.717) is 13.0 Å². The van der Waals surface area contributed by atoms with E-state index < -0.39 is 0 Å². The monoisotopic (exact) mass is 501 g/mol. The van der Waals surface area contributed by atoms with Crippen LogP contribution in [-0.2, 0) is 18.4 Å². The summed E-state index contributed by atoms with van der Waals surface area (Å²) in [6.07, 6.45) is 2.56. The van der Waals surface area contributed by atoms with Crippen molar-refractivity contribution in [3.05, 3.63) is 45.7 Å². The number of hydrogen-bond acceptors (Lipinski definition) is 5. The zero-order valence-corrected chi connectivity index (χ0v) is 22.7. The van der Waals surface area contributed by atoms with Crippen molar-refractivity contribution in [2.75, 3.05) is 52.9 Å². The summed E-state index contributed by atoms with van der Waals surface area (Å²) < 4.78 is 8.32. The van der Waals surface area contributed by atoms with Crippen LogP contribution in [0.15, 0.2) is 18.2 Å². The lowest BCUT2D eigenvalue weighted by Gasteiger charge is -2.43. The molecule has 0 N–H and O–H groups in total. The Bertz CT molecular complexity index is 1050. The second-order valence-electron chi connectivity index (χ2n) is 10.6. The lowest BCUT2D eigenvalue weighted by atomic mass is 9.77. The van der Waals surface area contributed by atoms with Gasteiger partial charge in [0.2, 0.25) is 5.91 Å². The number of amides is 1. The first-order valence-electron chi connectivity index (χ1n) is 12.7. The van der Waals surface area contributed by atoms with Crippen LogP contribution in [0.1, 0.15) is 41.8 Å². The van der Waals surface area contributed by atoms with Gasteiger partial charge in [0.15, 0.2) is 0 Å². The van der Waals surface area contributed by atoms with E-state index in [-0.39, 0.29) is 11.3 Å². The van der Waals surface area contributed by atoms with Gasteiger partial charge in [-0.05, 0) is 71.0 Å². The lowest BCUT2D eigenvalue weighted by molar-refractivity contribution is -0.137. The maximum absolute atomic E-state index is 13.5. The van der Waals surface area contributed by atoms with Crippen LogP contribution in [0.4, 0.5) is 0 Å². The Morgan fingerprint density at radius 3 is 2.51 bits per heavy atom. The number of piperazine rings is 1. The molecule has 0 saturated carbocycles. The minimum absolute atomic E-state index is 0.226. The molecule has 2 saturated heterocycles. The average Bonchev–Trinajstić information content (AvgIpc) is 3.06. The molecule has 1 aromatic carbocycles. The third kappa shape index (κ3) is 6.19. The maximum atomic E-state index is 13.5. The molecule has 2 aromatic rings. The van der Waals surface area contributed by atoms with Crippen molar-refractivity contribution >= 4 is 17.5 Å². The molecule has 8 heteroatoms. The minimum Gasteiger partial charge on any atom is -0.493 e. The Hall–Kier alpha value is -2.09. The van der Waals surface area contributed by atoms with E-state index in [1.54, 1.807) is 0 Å². The Morgan fingerprint density at radius 1 is 1.11 bits per heavy atom. The highest BCUT2D eigenvalue weighted by Crippen LogP contribution is 2.36. The van der Waals surface area contributed by atoms with Crippen molar-refractivity contribution < 1.29 is 9.53 Å². The van der Waals surface area contributed by atoms with E-state index >= 15 is 0 Å². The van der Waals surface area contributed by atoms with Crippen molar-refractivity contribution in [3.8, 4) is 5.75 Å². The molecule has 0 spiro atoms. The zero-order chi connectivity index (χ0) is 25.2. The van der Waals surface area contributed by atoms with E-state index in [9.17, 15) is 4.79 Å². The topological polar surface area (TPSA) is 53.8 Å². The molecule has 3 heterocycles. The number of carbonyl (C=O) groups excluding carboxylic acids is 1. The van der Waals surface area contributed by atoms with E-state index in [1.165, 1.54) is 11.3 Å². The predicted octanol–water partition coefficient (Wildman–Crippen LogP) is 3.82. The molecular formula is C27H40ClN5O2. The molecule has 35 heavy (non-hydrogen) atoms. The number of piperidine rings is 1. The van der Waals surface area contributed by atoms with Crippen LogP contribution in [0.3, 0.4) is 0 Å². The van der Waals surface area contributed by atoms with Crippen molar-refractivity contribution in [1.82, 2.24) is 24.5 Å². The second-order valence-corrected chi connectivity index (χ2v) is 11.1. The van der Waals surface area contributed by atoms with E-state index in [1.807, 2.05) is 41.8 Å². The summed E-state index contributed by atoms with van der Waals surface area (Å²) >= 11 is 6.22. The van der Waals surface area contributed by atoms with Crippen molar-refractivity contribution in [3.63, 3.8) is 0 Å². The van der Waals surface area contributed by atoms with Gasteiger partial charge in [-0.2, -0.15) is 5.10 Å². The molecule has 1 atom stereocenters. The number of ether oxygens (including phenoxy) is 1. The molecule has 192 valence electrons. The Morgan fingerprint density at radius 2 is 1.86 bits per heavy atom. The Balaban J connectivity index is 1.52. The fraction of sp³-hybridized carbons (Fsp3) is 0.630. The van der Waals surface area contributed by atoms with Crippen LogP contribution >= 0.6 is 11.6 Å². The summed E-state index contributed by atoms with van der Waals surface area (Å²) in [5, 5.41) is 5.35. The smallest absolute Gasteiger partial charge is 0.223 e. The highest BCUT2D eigenvalue weighted by molar-refractivity contribution is 6.31. The highest BCUT2D eigenvalue weighted by Gasteiger charge is 2.40. The number of rotatable bonds is 7. The van der Waals surface area contributed by atoms with Gasteiger partial charge in [-0.3, -0.25) is 14.4 Å². The van der Waals surface area contributed by atoms with Crippen molar-refractivity contribution in [2.24, 2.45) is 12.5 Å². The molecule has 2 aliphatic rings. The molecule has 2 aliphatic heterocycles. The standard InChI is InChI=1S/C27H40ClN5O2/c1-20-15-23(7-8-25(20)28)35-19-27(16-26(34)33-13-11-30(4)12-14-33)9-6-10-32(18-27)17-24-21(2)29-31(5)22(24)3/h7-8,15H,6,9-14,16-19H2,1-5H3. The molecule has 0 bridgehead atoms. The van der Waals surface area contributed by atoms with Gasteiger partial charge in [0, 0.05) is 74.4 Å². The Labute approximate surface area is 215 Å². The number of benzene rings is 1. The summed E-state index contributed by atoms with van der Waals surface area (Å²) in [5.41, 5.74) is 4.36. The molecule has 1 unspecified atom stereocenters. The summed E-state index contributed by atoms with van der Waals surface area (Å²) in [5.74, 6) is 1.07. The second kappa shape index (κ2) is 10.9. The third-order valence-electron chi connectivity index (χ3n) is 7.84. The average molecular weight is 502 g/mol. The molecule has 4 rings (SSSR count). The molecule has 7 nitrogen and oxygen atoms in total. The number of aromatic nitrogens is 2. The summed E-state index contributed by atoms with van der Waals surface area (Å²) in [6.45, 7) is 12.9. The van der Waals surface area contributed by atoms with Crippen LogP contribution in [-0.4, -0.2) is 83.3 Å². The number of aryl methyl sites for hydroxylation is 3. The molecule has 0 aliphatic carbocycles. The number of nitrogens with zero attached hydrogens (tertiary/aromatic N) is 5. The predicted molar refractivity (Wildman–Crippen MR) is 140 cm³/mol. The quantitative estimate of drug-likeness (QED) is 0.577. The summed E-state index contributed by atoms with van der Waals surface area (Å²) in [7, 11) is 4.12. The van der Waals surface area contributed by atoms with Crippen LogP contribution < -0.4 is 4.74 Å². The van der Waals surface area contributed by atoms with Gasteiger partial charge >= 0.3 is 0 Å². The normalized spacial score (nSPS) is 21.9. The number of carbonyl (C=O) groups is 1. The summed E-state index contributed by atoms with van der Waals surface area (Å²) in [4.78, 5) is 20.3. The number of likely N-dealkylation sites (N-methyl/N-ethyl adjacent to an activating group) is 1. The van der Waals surface area contributed by atoms with Crippen molar-refractivity contribution in [1.29, 1.82) is 0 Å². The molecule has 2 fully saturated rings. The van der Waals surface area contributed by atoms with E-state index in [2.05, 4.69) is 35.8 Å². The largest absolute Gasteiger partial charge is 0.493 e. The van der Waals surface area contributed by atoms with E-state index in [4.69, 9.17) is 16.3 Å². The van der Waals surface area contributed by atoms with Gasteiger partial charge in [0.05, 0.1) is 12.3 Å². The summed E-state index contributed by atoms with van der Waals surface area (Å²) in [6, 6.07) is 5.80. The fourth-order valence-corrected chi connectivity index (χ4v) is 5.58. The van der Waals surface area contributed by atoms with E-state index in [0.717, 1.165) is 80.7 Å². The number of likely N-dealkylation sites (tertiary alicyclic amines) is 1. The van der Waals surface area contributed by atoms with Gasteiger partial charge in [0.25, 0.3) is 0 Å². The Kier molecular flexibility index (Phi) is 8.09. The molecule has 1 aromatic heterocycles.